The summed E-state index contributed by atoms with van der Waals surface area (Å²) < 4.78 is 20.4. The van der Waals surface area contributed by atoms with Crippen LogP contribution in [0, 0.1) is 62.5 Å². The van der Waals surface area contributed by atoms with Crippen molar-refractivity contribution in [1.82, 2.24) is 4.90 Å². The molecule has 7 rings (SSSR count). The lowest BCUT2D eigenvalue weighted by Crippen LogP contribution is -2.66. The van der Waals surface area contributed by atoms with Crippen LogP contribution >= 0.6 is 0 Å². The molecule has 9 atom stereocenters. The molecule has 6 aliphatic rings. The van der Waals surface area contributed by atoms with E-state index >= 15 is 0 Å². The number of benzene rings is 1. The van der Waals surface area contributed by atoms with Gasteiger partial charge in [0.05, 0.1) is 11.5 Å². The number of rotatable bonds is 8. The second-order valence-electron chi connectivity index (χ2n) is 20.4. The van der Waals surface area contributed by atoms with Crippen molar-refractivity contribution in [2.45, 2.75) is 146 Å². The minimum absolute atomic E-state index is 0.0212. The van der Waals surface area contributed by atoms with Crippen LogP contribution in [-0.4, -0.2) is 47.7 Å². The average molecular weight is 742 g/mol. The van der Waals surface area contributed by atoms with Crippen molar-refractivity contribution in [3.8, 4) is 0 Å². The molecule has 4 fully saturated rings. The van der Waals surface area contributed by atoms with Crippen molar-refractivity contribution >= 4 is 23.3 Å². The monoisotopic (exact) mass is 742 g/mol. The van der Waals surface area contributed by atoms with Crippen LogP contribution in [0.1, 0.15) is 139 Å². The maximum Gasteiger partial charge on any atom is 0.306 e. The number of Topliss-reactive ketones (excluding diaryl/α,β-unsaturated/α-hetero) is 1. The van der Waals surface area contributed by atoms with Gasteiger partial charge in [-0.2, -0.15) is 0 Å². The van der Waals surface area contributed by atoms with E-state index in [9.17, 15) is 14.0 Å². The van der Waals surface area contributed by atoms with Crippen molar-refractivity contribution in [2.24, 2.45) is 67.4 Å². The Bertz CT molecular complexity index is 1760. The van der Waals surface area contributed by atoms with E-state index in [4.69, 9.17) is 15.5 Å². The standard InChI is InChI=1S/C47H68FN3O3/c1-28(2)25-39(53)54-38-18-19-44(8)36(43(38,6)7)17-20-46(10)37(44)16-15-33-41-40(29(3)4)35(52)27-47(41,22-21-45(33,46)9)42-50-30(5)26-34(51(42)24-23-49)31-11-13-32(48)14-12-31/h11-14,26,28-30,33,36-38H,15-25,27,49H2,1-10H3. The first-order valence-corrected chi connectivity index (χ1v) is 21.3. The maximum absolute atomic E-state index is 14.5. The fourth-order valence-electron chi connectivity index (χ4n) is 14.0. The molecule has 0 radical (unpaired) electrons. The molecule has 0 spiro atoms. The summed E-state index contributed by atoms with van der Waals surface area (Å²) in [5.74, 6) is 2.73. The zero-order chi connectivity index (χ0) is 39.2. The first-order chi connectivity index (χ1) is 25.3. The van der Waals surface area contributed by atoms with Gasteiger partial charge in [-0.25, -0.2) is 4.39 Å². The van der Waals surface area contributed by atoms with Crippen LogP contribution < -0.4 is 5.73 Å². The maximum atomic E-state index is 14.5. The van der Waals surface area contributed by atoms with Crippen molar-refractivity contribution in [3.63, 3.8) is 0 Å². The molecule has 6 nitrogen and oxygen atoms in total. The molecule has 2 N–H and O–H groups in total. The molecule has 296 valence electrons. The lowest BCUT2D eigenvalue weighted by Gasteiger charge is -2.72. The number of allylic oxidation sites excluding steroid dienone is 1. The van der Waals surface area contributed by atoms with Gasteiger partial charge in [0.2, 0.25) is 0 Å². The summed E-state index contributed by atoms with van der Waals surface area (Å²) in [7, 11) is 0. The Morgan fingerprint density at radius 3 is 2.30 bits per heavy atom. The molecule has 7 heteroatoms. The largest absolute Gasteiger partial charge is 0.462 e. The third-order valence-electron chi connectivity index (χ3n) is 16.4. The highest BCUT2D eigenvalue weighted by Crippen LogP contribution is 2.77. The van der Waals surface area contributed by atoms with Crippen molar-refractivity contribution in [2.75, 3.05) is 13.1 Å². The van der Waals surface area contributed by atoms with Gasteiger partial charge in [-0.3, -0.25) is 14.6 Å². The van der Waals surface area contributed by atoms with Gasteiger partial charge < -0.3 is 15.4 Å². The van der Waals surface area contributed by atoms with Gasteiger partial charge in [0.1, 0.15) is 17.8 Å². The Morgan fingerprint density at radius 2 is 1.65 bits per heavy atom. The molecular formula is C47H68FN3O3. The van der Waals surface area contributed by atoms with Crippen LogP contribution in [0.25, 0.3) is 5.70 Å². The second-order valence-corrected chi connectivity index (χ2v) is 20.4. The number of ether oxygens (including phenoxy) is 1. The van der Waals surface area contributed by atoms with Crippen LogP contribution in [0.2, 0.25) is 0 Å². The Labute approximate surface area is 325 Å². The molecular weight excluding hydrogens is 674 g/mol. The summed E-state index contributed by atoms with van der Waals surface area (Å²) in [6, 6.07) is 6.69. The Balaban J connectivity index is 1.27. The van der Waals surface area contributed by atoms with E-state index in [2.05, 4.69) is 80.2 Å². The fourth-order valence-corrected chi connectivity index (χ4v) is 14.0. The molecule has 0 bridgehead atoms. The van der Waals surface area contributed by atoms with E-state index < -0.39 is 5.41 Å². The van der Waals surface area contributed by atoms with Gasteiger partial charge in [0, 0.05) is 37.0 Å². The zero-order valence-corrected chi connectivity index (χ0v) is 35.0. The molecule has 0 aromatic heterocycles. The fraction of sp³-hybridized carbons (Fsp3) is 0.723. The van der Waals surface area contributed by atoms with Crippen molar-refractivity contribution in [1.29, 1.82) is 0 Å². The number of esters is 1. The molecule has 5 aliphatic carbocycles. The van der Waals surface area contributed by atoms with Crippen LogP contribution in [0.4, 0.5) is 4.39 Å². The molecule has 9 unspecified atom stereocenters. The van der Waals surface area contributed by atoms with Crippen LogP contribution in [0.3, 0.4) is 0 Å². The van der Waals surface area contributed by atoms with Gasteiger partial charge >= 0.3 is 5.97 Å². The number of hydrogen-bond acceptors (Lipinski definition) is 6. The van der Waals surface area contributed by atoms with Crippen molar-refractivity contribution in [3.05, 3.63) is 52.9 Å². The summed E-state index contributed by atoms with van der Waals surface area (Å²) in [5.41, 5.74) is 10.5. The topological polar surface area (TPSA) is 85.0 Å². The quantitative estimate of drug-likeness (QED) is 0.268. The molecule has 54 heavy (non-hydrogen) atoms. The summed E-state index contributed by atoms with van der Waals surface area (Å²) in [4.78, 5) is 35.2. The lowest BCUT2D eigenvalue weighted by molar-refractivity contribution is -0.232. The number of carbonyl (C=O) groups excluding carboxylic acids is 2. The Morgan fingerprint density at radius 1 is 0.944 bits per heavy atom. The molecule has 1 aliphatic heterocycles. The number of carbonyl (C=O) groups is 2. The third-order valence-corrected chi connectivity index (χ3v) is 16.4. The number of amidine groups is 1. The summed E-state index contributed by atoms with van der Waals surface area (Å²) >= 11 is 0. The summed E-state index contributed by atoms with van der Waals surface area (Å²) in [5, 5.41) is 0. The molecule has 1 heterocycles. The highest BCUT2D eigenvalue weighted by atomic mass is 19.1. The lowest BCUT2D eigenvalue weighted by atomic mass is 9.33. The summed E-state index contributed by atoms with van der Waals surface area (Å²) in [6.07, 6.45) is 11.5. The van der Waals surface area contributed by atoms with Crippen molar-refractivity contribution < 1.29 is 18.7 Å². The Hall–Kier alpha value is -2.80. The molecule has 0 amide bonds. The minimum atomic E-state index is -0.478. The highest BCUT2D eigenvalue weighted by Gasteiger charge is 2.71. The number of nitrogens with zero attached hydrogens (tertiary/aromatic N) is 2. The molecule has 1 aromatic carbocycles. The first-order valence-electron chi connectivity index (χ1n) is 21.3. The van der Waals surface area contributed by atoms with Gasteiger partial charge in [0.25, 0.3) is 0 Å². The van der Waals surface area contributed by atoms with Gasteiger partial charge in [-0.1, -0.05) is 62.3 Å². The number of fused-ring (bicyclic) bond motifs is 7. The van der Waals surface area contributed by atoms with E-state index in [0.717, 1.165) is 74.0 Å². The number of nitrogens with two attached hydrogens (primary N) is 1. The summed E-state index contributed by atoms with van der Waals surface area (Å²) in [6.45, 7) is 24.3. The number of ketones is 1. The number of halogens is 1. The van der Waals surface area contributed by atoms with E-state index in [1.807, 2.05) is 12.1 Å². The molecule has 1 aromatic rings. The SMILES string of the molecule is CC(C)CC(=O)OC1CCC2(C)C(CCC3(C)C2CCC2C4=C(C(C)C)C(=O)CC4(C4=NC(C)C=C(c5ccc(F)cc5)N4CCN)CCC23C)C1(C)C. The Kier molecular flexibility index (Phi) is 10.0. The van der Waals surface area contributed by atoms with E-state index in [1.165, 1.54) is 17.7 Å². The van der Waals surface area contributed by atoms with Crippen LogP contribution in [-0.2, 0) is 14.3 Å². The van der Waals surface area contributed by atoms with E-state index in [-0.39, 0.29) is 57.4 Å². The predicted molar refractivity (Wildman–Crippen MR) is 216 cm³/mol. The van der Waals surface area contributed by atoms with Crippen LogP contribution in [0.15, 0.2) is 46.5 Å². The predicted octanol–water partition coefficient (Wildman–Crippen LogP) is 10.2. The smallest absolute Gasteiger partial charge is 0.306 e. The van der Waals surface area contributed by atoms with E-state index in [0.29, 0.717) is 49.5 Å². The van der Waals surface area contributed by atoms with E-state index in [1.54, 1.807) is 0 Å². The molecule has 4 saturated carbocycles. The number of aliphatic imine (C=N–C) groups is 1. The van der Waals surface area contributed by atoms with Gasteiger partial charge in [0.15, 0.2) is 5.78 Å². The van der Waals surface area contributed by atoms with Crippen LogP contribution in [0.5, 0.6) is 0 Å². The highest BCUT2D eigenvalue weighted by molar-refractivity contribution is 6.10. The minimum Gasteiger partial charge on any atom is -0.462 e. The third kappa shape index (κ3) is 5.82. The number of hydrogen-bond donors (Lipinski definition) is 1. The van der Waals surface area contributed by atoms with Gasteiger partial charge in [-0.15, -0.1) is 0 Å². The second kappa shape index (κ2) is 13.7. The van der Waals surface area contributed by atoms with Gasteiger partial charge in [-0.05, 0) is 151 Å². The first kappa shape index (κ1) is 39.4. The zero-order valence-electron chi connectivity index (χ0n) is 35.0. The molecule has 0 saturated heterocycles. The average Bonchev–Trinajstić information content (AvgIpc) is 3.40. The normalized spacial score (nSPS) is 38.7.